The van der Waals surface area contributed by atoms with Gasteiger partial charge in [-0.1, -0.05) is 12.1 Å². The normalized spacial score (nSPS) is 11.4. The van der Waals surface area contributed by atoms with Gasteiger partial charge in [-0.2, -0.15) is 13.2 Å². The minimum absolute atomic E-state index is 0.0592. The molecule has 0 bridgehead atoms. The van der Waals surface area contributed by atoms with Crippen molar-refractivity contribution >= 4 is 17.1 Å². The number of nitro groups is 1. The summed E-state index contributed by atoms with van der Waals surface area (Å²) in [6, 6.07) is 7.06. The van der Waals surface area contributed by atoms with E-state index < -0.39 is 16.7 Å². The zero-order valence-corrected chi connectivity index (χ0v) is 11.2. The van der Waals surface area contributed by atoms with Gasteiger partial charge in [0, 0.05) is 17.7 Å². The van der Waals surface area contributed by atoms with Crippen molar-refractivity contribution in [1.29, 1.82) is 0 Å². The summed E-state index contributed by atoms with van der Waals surface area (Å²) in [4.78, 5) is 10.4. The van der Waals surface area contributed by atoms with Gasteiger partial charge in [-0.3, -0.25) is 10.1 Å². The lowest BCUT2D eigenvalue weighted by molar-refractivity contribution is -0.384. The van der Waals surface area contributed by atoms with E-state index in [4.69, 9.17) is 11.5 Å². The van der Waals surface area contributed by atoms with E-state index in [-0.39, 0.29) is 29.0 Å². The summed E-state index contributed by atoms with van der Waals surface area (Å²) in [7, 11) is 0. The number of hydrogen-bond donors (Lipinski definition) is 2. The van der Waals surface area contributed by atoms with E-state index in [1.807, 2.05) is 0 Å². The first kappa shape index (κ1) is 15.6. The fraction of sp³-hybridized carbons (Fsp3) is 0.143. The van der Waals surface area contributed by atoms with Gasteiger partial charge in [0.25, 0.3) is 5.69 Å². The van der Waals surface area contributed by atoms with Crippen molar-refractivity contribution in [2.24, 2.45) is 0 Å². The summed E-state index contributed by atoms with van der Waals surface area (Å²) < 4.78 is 37.5. The Bertz CT molecular complexity index is 713. The molecule has 5 nitrogen and oxygen atoms in total. The SMILES string of the molecule is Nc1cc(N)c([N+](=O)[O-])c(Cc2ccc(C(F)(F)F)cc2)c1. The summed E-state index contributed by atoms with van der Waals surface area (Å²) in [6.45, 7) is 0. The molecule has 0 saturated heterocycles. The molecule has 0 fully saturated rings. The van der Waals surface area contributed by atoms with Crippen LogP contribution in [-0.2, 0) is 12.6 Å². The number of anilines is 2. The number of nitrogens with zero attached hydrogens (tertiary/aromatic N) is 1. The van der Waals surface area contributed by atoms with Crippen LogP contribution < -0.4 is 11.5 Å². The smallest absolute Gasteiger partial charge is 0.399 e. The second-order valence-electron chi connectivity index (χ2n) is 4.75. The maximum Gasteiger partial charge on any atom is 0.416 e. The van der Waals surface area contributed by atoms with Crippen molar-refractivity contribution < 1.29 is 18.1 Å². The molecule has 0 aliphatic rings. The molecule has 0 heterocycles. The number of nitrogen functional groups attached to an aromatic ring is 2. The third-order valence-corrected chi connectivity index (χ3v) is 3.10. The highest BCUT2D eigenvalue weighted by Gasteiger charge is 2.30. The number of hydrogen-bond acceptors (Lipinski definition) is 4. The molecule has 0 aliphatic carbocycles. The second kappa shape index (κ2) is 5.55. The summed E-state index contributed by atoms with van der Waals surface area (Å²) in [5.74, 6) is 0. The van der Waals surface area contributed by atoms with Gasteiger partial charge in [0.1, 0.15) is 5.69 Å². The lowest BCUT2D eigenvalue weighted by Gasteiger charge is -2.09. The topological polar surface area (TPSA) is 95.2 Å². The molecular formula is C14H12F3N3O2. The summed E-state index contributed by atoms with van der Waals surface area (Å²) in [5, 5.41) is 11.1. The first-order valence-electron chi connectivity index (χ1n) is 6.17. The number of benzene rings is 2. The molecule has 0 aliphatic heterocycles. The van der Waals surface area contributed by atoms with Gasteiger partial charge in [-0.05, 0) is 29.8 Å². The lowest BCUT2D eigenvalue weighted by Crippen LogP contribution is -2.05. The van der Waals surface area contributed by atoms with Crippen LogP contribution in [-0.4, -0.2) is 4.92 Å². The first-order valence-corrected chi connectivity index (χ1v) is 6.17. The van der Waals surface area contributed by atoms with Crippen molar-refractivity contribution in [1.82, 2.24) is 0 Å². The highest BCUT2D eigenvalue weighted by Crippen LogP contribution is 2.32. The Morgan fingerprint density at radius 3 is 2.18 bits per heavy atom. The van der Waals surface area contributed by atoms with Crippen LogP contribution in [0.5, 0.6) is 0 Å². The quantitative estimate of drug-likeness (QED) is 0.516. The van der Waals surface area contributed by atoms with Crippen molar-refractivity contribution in [2.75, 3.05) is 11.5 Å². The Morgan fingerprint density at radius 1 is 1.09 bits per heavy atom. The van der Waals surface area contributed by atoms with Gasteiger partial charge in [0.15, 0.2) is 0 Å². The average Bonchev–Trinajstić information content (AvgIpc) is 2.36. The van der Waals surface area contributed by atoms with Crippen LogP contribution in [0.1, 0.15) is 16.7 Å². The van der Waals surface area contributed by atoms with E-state index in [1.165, 1.54) is 24.3 Å². The van der Waals surface area contributed by atoms with Gasteiger partial charge in [-0.15, -0.1) is 0 Å². The van der Waals surface area contributed by atoms with Crippen LogP contribution in [0.2, 0.25) is 0 Å². The van der Waals surface area contributed by atoms with E-state index in [0.29, 0.717) is 5.56 Å². The number of nitro benzene ring substituents is 1. The molecule has 0 spiro atoms. The second-order valence-corrected chi connectivity index (χ2v) is 4.75. The van der Waals surface area contributed by atoms with E-state index in [1.54, 1.807) is 0 Å². The molecule has 8 heteroatoms. The summed E-state index contributed by atoms with van der Waals surface area (Å²) in [5.41, 5.74) is 11.1. The standard InChI is InChI=1S/C14H12F3N3O2/c15-14(16,17)10-3-1-8(2-4-10)5-9-6-11(18)7-12(19)13(9)20(21)22/h1-4,6-7H,5,18-19H2. The fourth-order valence-electron chi connectivity index (χ4n) is 2.13. The molecule has 116 valence electrons. The molecule has 2 aromatic carbocycles. The van der Waals surface area contributed by atoms with Gasteiger partial charge in [0.2, 0.25) is 0 Å². The van der Waals surface area contributed by atoms with Crippen molar-refractivity contribution in [3.8, 4) is 0 Å². The van der Waals surface area contributed by atoms with Crippen LogP contribution in [0.4, 0.5) is 30.2 Å². The number of halogens is 3. The van der Waals surface area contributed by atoms with Crippen molar-refractivity contribution in [2.45, 2.75) is 12.6 Å². The molecular weight excluding hydrogens is 299 g/mol. The Morgan fingerprint density at radius 2 is 1.68 bits per heavy atom. The molecule has 0 aromatic heterocycles. The molecule has 0 radical (unpaired) electrons. The van der Waals surface area contributed by atoms with Gasteiger partial charge in [0.05, 0.1) is 10.5 Å². The molecule has 0 atom stereocenters. The molecule has 4 N–H and O–H groups in total. The minimum Gasteiger partial charge on any atom is -0.399 e. The van der Waals surface area contributed by atoms with Crippen LogP contribution in [0.3, 0.4) is 0 Å². The minimum atomic E-state index is -4.42. The highest BCUT2D eigenvalue weighted by atomic mass is 19.4. The van der Waals surface area contributed by atoms with Crippen LogP contribution in [0.15, 0.2) is 36.4 Å². The predicted molar refractivity (Wildman–Crippen MR) is 76.2 cm³/mol. The largest absolute Gasteiger partial charge is 0.416 e. The maximum absolute atomic E-state index is 12.5. The van der Waals surface area contributed by atoms with Crippen LogP contribution in [0, 0.1) is 10.1 Å². The molecule has 0 saturated carbocycles. The van der Waals surface area contributed by atoms with E-state index in [2.05, 4.69) is 0 Å². The van der Waals surface area contributed by atoms with Gasteiger partial charge < -0.3 is 11.5 Å². The van der Waals surface area contributed by atoms with E-state index in [9.17, 15) is 23.3 Å². The fourth-order valence-corrected chi connectivity index (χ4v) is 2.13. The molecule has 2 aromatic rings. The maximum atomic E-state index is 12.5. The Kier molecular flexibility index (Phi) is 3.94. The Hall–Kier alpha value is -2.77. The van der Waals surface area contributed by atoms with Gasteiger partial charge >= 0.3 is 6.18 Å². The zero-order valence-electron chi connectivity index (χ0n) is 11.2. The molecule has 22 heavy (non-hydrogen) atoms. The molecule has 0 unspecified atom stereocenters. The average molecular weight is 311 g/mol. The Labute approximate surface area is 123 Å². The number of alkyl halides is 3. The third-order valence-electron chi connectivity index (χ3n) is 3.10. The zero-order chi connectivity index (χ0) is 16.5. The first-order chi connectivity index (χ1) is 10.2. The third kappa shape index (κ3) is 3.27. The summed E-state index contributed by atoms with van der Waals surface area (Å²) in [6.07, 6.45) is -4.37. The Balaban J connectivity index is 2.37. The lowest BCUT2D eigenvalue weighted by atomic mass is 10.0. The van der Waals surface area contributed by atoms with Crippen LogP contribution >= 0.6 is 0 Å². The number of nitrogens with two attached hydrogens (primary N) is 2. The van der Waals surface area contributed by atoms with Crippen molar-refractivity contribution in [3.63, 3.8) is 0 Å². The monoisotopic (exact) mass is 311 g/mol. The number of rotatable bonds is 3. The van der Waals surface area contributed by atoms with E-state index in [0.717, 1.165) is 12.1 Å². The van der Waals surface area contributed by atoms with Crippen molar-refractivity contribution in [3.05, 3.63) is 63.2 Å². The predicted octanol–water partition coefficient (Wildman–Crippen LogP) is 3.37. The molecule has 2 rings (SSSR count). The summed E-state index contributed by atoms with van der Waals surface area (Å²) >= 11 is 0. The van der Waals surface area contributed by atoms with E-state index >= 15 is 0 Å². The van der Waals surface area contributed by atoms with Crippen LogP contribution in [0.25, 0.3) is 0 Å². The highest BCUT2D eigenvalue weighted by molar-refractivity contribution is 5.69. The van der Waals surface area contributed by atoms with Gasteiger partial charge in [-0.25, -0.2) is 0 Å². The molecule has 0 amide bonds.